The van der Waals surface area contributed by atoms with Crippen LogP contribution >= 0.6 is 0 Å². The molecular weight excluding hydrogens is 128 g/mol. The summed E-state index contributed by atoms with van der Waals surface area (Å²) >= 11 is 0. The van der Waals surface area contributed by atoms with Gasteiger partial charge in [-0.25, -0.2) is 0 Å². The fraction of sp³-hybridized carbons (Fsp3) is 0.833. The van der Waals surface area contributed by atoms with Gasteiger partial charge in [-0.05, 0) is 25.9 Å². The summed E-state index contributed by atoms with van der Waals surface area (Å²) in [7, 11) is 0. The normalized spacial score (nSPS) is 16.8. The molecule has 0 spiro atoms. The lowest BCUT2D eigenvalue weighted by molar-refractivity contribution is 0.520. The van der Waals surface area contributed by atoms with Crippen LogP contribution in [0.1, 0.15) is 19.3 Å². The molecule has 1 aliphatic heterocycles. The smallest absolute Gasteiger partial charge is 0.183 e. The highest BCUT2D eigenvalue weighted by atomic mass is 14.9. The highest BCUT2D eigenvalue weighted by Gasteiger charge is 1.93. The Morgan fingerprint density at radius 1 is 1.10 bits per heavy atom. The van der Waals surface area contributed by atoms with Crippen LogP contribution in [0.3, 0.4) is 0 Å². The van der Waals surface area contributed by atoms with Crippen molar-refractivity contribution in [2.45, 2.75) is 19.3 Å². The van der Waals surface area contributed by atoms with E-state index in [2.05, 4.69) is 16.8 Å². The van der Waals surface area contributed by atoms with Crippen LogP contribution in [0, 0.1) is 5.41 Å². The number of hydrogen-bond acceptors (Lipinski definition) is 2. The molecule has 1 saturated heterocycles. The number of nitrogens with two attached hydrogens (primary N) is 2. The first-order valence-electron chi connectivity index (χ1n) is 3.53. The highest BCUT2D eigenvalue weighted by molar-refractivity contribution is 5.71. The van der Waals surface area contributed by atoms with Crippen LogP contribution in [-0.4, -0.2) is 19.0 Å². The summed E-state index contributed by atoms with van der Waals surface area (Å²) in [4.78, 5) is 0. The predicted molar refractivity (Wildman–Crippen MR) is 42.8 cm³/mol. The van der Waals surface area contributed by atoms with Gasteiger partial charge in [-0.3, -0.25) is 5.41 Å². The van der Waals surface area contributed by atoms with Gasteiger partial charge in [0.1, 0.15) is 0 Å². The summed E-state index contributed by atoms with van der Waals surface area (Å²) < 4.78 is 0. The molecular formula is C6H16N4. The molecule has 1 aliphatic rings. The maximum Gasteiger partial charge on any atom is 0.183 e. The van der Waals surface area contributed by atoms with Gasteiger partial charge < -0.3 is 16.8 Å². The maximum atomic E-state index is 6.06. The number of guanidine groups is 1. The highest BCUT2D eigenvalue weighted by Crippen LogP contribution is 1.96. The van der Waals surface area contributed by atoms with Crippen molar-refractivity contribution in [1.29, 1.82) is 5.41 Å². The largest absolute Gasteiger partial charge is 0.370 e. The van der Waals surface area contributed by atoms with Gasteiger partial charge in [-0.1, -0.05) is 6.42 Å². The van der Waals surface area contributed by atoms with E-state index in [1.54, 1.807) is 0 Å². The zero-order valence-corrected chi connectivity index (χ0v) is 6.19. The van der Waals surface area contributed by atoms with Gasteiger partial charge in [0.05, 0.1) is 0 Å². The molecule has 0 radical (unpaired) electrons. The van der Waals surface area contributed by atoms with Crippen molar-refractivity contribution in [2.24, 2.45) is 11.5 Å². The molecule has 0 bridgehead atoms. The van der Waals surface area contributed by atoms with E-state index in [1.165, 1.54) is 32.4 Å². The SMILES string of the molecule is C1CCNCC1.N=C(N)N. The lowest BCUT2D eigenvalue weighted by Gasteiger charge is -2.08. The molecule has 0 unspecified atom stereocenters. The van der Waals surface area contributed by atoms with Gasteiger partial charge in [0, 0.05) is 0 Å². The van der Waals surface area contributed by atoms with Crippen LogP contribution in [0.4, 0.5) is 0 Å². The quantitative estimate of drug-likeness (QED) is 0.275. The van der Waals surface area contributed by atoms with Crippen LogP contribution < -0.4 is 16.8 Å². The van der Waals surface area contributed by atoms with E-state index >= 15 is 0 Å². The van der Waals surface area contributed by atoms with Gasteiger partial charge in [-0.2, -0.15) is 0 Å². The summed E-state index contributed by atoms with van der Waals surface area (Å²) in [6, 6.07) is 0. The van der Waals surface area contributed by atoms with Crippen molar-refractivity contribution in [3.05, 3.63) is 0 Å². The summed E-state index contributed by atoms with van der Waals surface area (Å²) in [5, 5.41) is 9.34. The third-order valence-electron chi connectivity index (χ3n) is 1.21. The van der Waals surface area contributed by atoms with Crippen LogP contribution in [0.25, 0.3) is 0 Å². The summed E-state index contributed by atoms with van der Waals surface area (Å²) in [5.74, 6) is -0.333. The van der Waals surface area contributed by atoms with Gasteiger partial charge in [-0.15, -0.1) is 0 Å². The Balaban J connectivity index is 0.000000180. The predicted octanol–water partition coefficient (Wildman–Crippen LogP) is -0.402. The Hall–Kier alpha value is -0.770. The van der Waals surface area contributed by atoms with E-state index in [1.807, 2.05) is 0 Å². The minimum Gasteiger partial charge on any atom is -0.370 e. The summed E-state index contributed by atoms with van der Waals surface area (Å²) in [6.07, 6.45) is 4.22. The van der Waals surface area contributed by atoms with E-state index in [-0.39, 0.29) is 5.96 Å². The van der Waals surface area contributed by atoms with Gasteiger partial charge in [0.15, 0.2) is 5.96 Å². The molecule has 0 amide bonds. The molecule has 1 heterocycles. The first-order valence-corrected chi connectivity index (χ1v) is 3.53. The summed E-state index contributed by atoms with van der Waals surface area (Å²) in [5.41, 5.74) is 8.94. The van der Waals surface area contributed by atoms with E-state index in [9.17, 15) is 0 Å². The molecule has 0 aromatic rings. The zero-order valence-electron chi connectivity index (χ0n) is 6.19. The average Bonchev–Trinajstić information content (AvgIpc) is 1.90. The first kappa shape index (κ1) is 9.23. The Kier molecular flexibility index (Phi) is 5.86. The first-order chi connectivity index (χ1) is 4.73. The zero-order chi connectivity index (χ0) is 7.82. The van der Waals surface area contributed by atoms with Crippen LogP contribution in [0.2, 0.25) is 0 Å². The molecule has 60 valence electrons. The van der Waals surface area contributed by atoms with Crippen molar-refractivity contribution in [1.82, 2.24) is 5.32 Å². The monoisotopic (exact) mass is 144 g/mol. The summed E-state index contributed by atoms with van der Waals surface area (Å²) in [6.45, 7) is 2.50. The van der Waals surface area contributed by atoms with Gasteiger partial charge in [0.25, 0.3) is 0 Å². The second-order valence-electron chi connectivity index (χ2n) is 2.27. The molecule has 10 heavy (non-hydrogen) atoms. The molecule has 1 rings (SSSR count). The minimum absolute atomic E-state index is 0.333. The second kappa shape index (κ2) is 6.35. The molecule has 0 saturated carbocycles. The topological polar surface area (TPSA) is 87.9 Å². The lowest BCUT2D eigenvalue weighted by atomic mass is 10.2. The van der Waals surface area contributed by atoms with E-state index in [4.69, 9.17) is 5.41 Å². The lowest BCUT2D eigenvalue weighted by Crippen LogP contribution is -2.21. The van der Waals surface area contributed by atoms with Gasteiger partial charge >= 0.3 is 0 Å². The van der Waals surface area contributed by atoms with Crippen molar-refractivity contribution in [3.8, 4) is 0 Å². The average molecular weight is 144 g/mol. The van der Waals surface area contributed by atoms with Crippen molar-refractivity contribution >= 4 is 5.96 Å². The number of hydrogen-bond donors (Lipinski definition) is 4. The molecule has 6 N–H and O–H groups in total. The molecule has 0 atom stereocenters. The van der Waals surface area contributed by atoms with Gasteiger partial charge in [0.2, 0.25) is 0 Å². The molecule has 0 aromatic carbocycles. The maximum absolute atomic E-state index is 6.06. The van der Waals surface area contributed by atoms with Crippen molar-refractivity contribution in [2.75, 3.05) is 13.1 Å². The van der Waals surface area contributed by atoms with Crippen LogP contribution in [-0.2, 0) is 0 Å². The molecule has 1 fully saturated rings. The molecule has 4 heteroatoms. The molecule has 0 aliphatic carbocycles. The Morgan fingerprint density at radius 3 is 1.60 bits per heavy atom. The third-order valence-corrected chi connectivity index (χ3v) is 1.21. The minimum atomic E-state index is -0.333. The van der Waals surface area contributed by atoms with Crippen molar-refractivity contribution in [3.63, 3.8) is 0 Å². The van der Waals surface area contributed by atoms with Crippen LogP contribution in [0.15, 0.2) is 0 Å². The van der Waals surface area contributed by atoms with E-state index in [0.717, 1.165) is 0 Å². The Morgan fingerprint density at radius 2 is 1.50 bits per heavy atom. The number of piperidine rings is 1. The van der Waals surface area contributed by atoms with Crippen molar-refractivity contribution < 1.29 is 0 Å². The number of rotatable bonds is 0. The van der Waals surface area contributed by atoms with Crippen LogP contribution in [0.5, 0.6) is 0 Å². The fourth-order valence-electron chi connectivity index (χ4n) is 0.802. The van der Waals surface area contributed by atoms with E-state index < -0.39 is 0 Å². The third kappa shape index (κ3) is 10.3. The number of nitrogens with one attached hydrogen (secondary N) is 2. The van der Waals surface area contributed by atoms with E-state index in [0.29, 0.717) is 0 Å². The fourth-order valence-corrected chi connectivity index (χ4v) is 0.802. The standard InChI is InChI=1S/C5H11N.CH5N3/c1-2-4-6-5-3-1;2-1(3)4/h6H,1-5H2;(H5,2,3,4). The Labute approximate surface area is 61.5 Å². The Bertz CT molecular complexity index is 72.2. The second-order valence-corrected chi connectivity index (χ2v) is 2.27. The molecule has 0 aromatic heterocycles. The molecule has 4 nitrogen and oxygen atoms in total.